The van der Waals surface area contributed by atoms with Gasteiger partial charge in [-0.3, -0.25) is 25.0 Å². The molecule has 3 aliphatic heterocycles. The molecule has 0 fully saturated rings. The fraction of sp³-hybridized carbons (Fsp3) is 0.0690. The van der Waals surface area contributed by atoms with Crippen molar-refractivity contribution in [3.63, 3.8) is 0 Å². The van der Waals surface area contributed by atoms with Gasteiger partial charge in [-0.2, -0.15) is 0 Å². The van der Waals surface area contributed by atoms with Gasteiger partial charge in [0.25, 0.3) is 11.5 Å². The molecular weight excluding hydrogens is 542 g/mol. The van der Waals surface area contributed by atoms with Crippen molar-refractivity contribution in [3.05, 3.63) is 74.7 Å². The third kappa shape index (κ3) is 3.15. The number of carbonyl (C=O) groups is 2. The van der Waals surface area contributed by atoms with Gasteiger partial charge >= 0.3 is 11.9 Å². The minimum absolute atomic E-state index is 0.00624. The van der Waals surface area contributed by atoms with Crippen molar-refractivity contribution in [1.82, 2.24) is 19.6 Å². The van der Waals surface area contributed by atoms with Gasteiger partial charge in [0.2, 0.25) is 0 Å². The monoisotopic (exact) mass is 563 g/mol. The van der Waals surface area contributed by atoms with Crippen molar-refractivity contribution in [2.24, 2.45) is 0 Å². The van der Waals surface area contributed by atoms with Crippen LogP contribution in [0.1, 0.15) is 32.2 Å². The molecule has 0 saturated heterocycles. The van der Waals surface area contributed by atoms with E-state index in [0.717, 1.165) is 4.68 Å². The number of aromatic carboxylic acids is 1. The Morgan fingerprint density at radius 1 is 0.857 bits per heavy atom. The minimum Gasteiger partial charge on any atom is -0.480 e. The first-order valence-electron chi connectivity index (χ1n) is 12.7. The maximum absolute atomic E-state index is 13.8. The molecule has 2 aromatic heterocycles. The van der Waals surface area contributed by atoms with Crippen molar-refractivity contribution < 1.29 is 24.9 Å². The molecule has 5 heterocycles. The fourth-order valence-electron chi connectivity index (χ4n) is 5.96. The van der Waals surface area contributed by atoms with E-state index >= 15 is 0 Å². The molecule has 8 bridgehead atoms. The zero-order valence-electron chi connectivity index (χ0n) is 22.0. The number of nitrogens with one attached hydrogen (secondary N) is 2. The van der Waals surface area contributed by atoms with Gasteiger partial charge in [-0.25, -0.2) is 9.47 Å². The number of carbonyl (C=O) groups excluding carboxylic acids is 1. The average molecular weight is 564 g/mol. The van der Waals surface area contributed by atoms with Crippen LogP contribution in [0.4, 0.5) is 11.4 Å². The maximum Gasteiger partial charge on any atom is 0.355 e. The summed E-state index contributed by atoms with van der Waals surface area (Å²) in [6.45, 7) is 3.21. The number of H-pyrrole nitrogens is 1. The van der Waals surface area contributed by atoms with E-state index in [1.54, 1.807) is 50.2 Å². The third-order valence-corrected chi connectivity index (χ3v) is 7.73. The molecule has 0 spiro atoms. The topological polar surface area (TPSA) is 222 Å². The number of benzene rings is 2. The molecule has 7 rings (SSSR count). The lowest BCUT2D eigenvalue weighted by atomic mass is 9.92. The van der Waals surface area contributed by atoms with Crippen molar-refractivity contribution >= 4 is 61.8 Å². The normalized spacial score (nSPS) is 12.5. The Balaban J connectivity index is 1.88. The van der Waals surface area contributed by atoms with Gasteiger partial charge in [-0.05, 0) is 49.1 Å². The van der Waals surface area contributed by atoms with Crippen molar-refractivity contribution in [3.8, 4) is 22.4 Å². The highest BCUT2D eigenvalue weighted by atomic mass is 16.5. The molecule has 208 valence electrons. The number of carboxylic acids is 1. The zero-order chi connectivity index (χ0) is 29.8. The Kier molecular flexibility index (Phi) is 4.86. The molecule has 42 heavy (non-hydrogen) atoms. The van der Waals surface area contributed by atoms with Gasteiger partial charge < -0.3 is 31.8 Å². The molecule has 2 aromatic carbocycles. The fourth-order valence-corrected chi connectivity index (χ4v) is 5.96. The van der Waals surface area contributed by atoms with Crippen LogP contribution in [0.2, 0.25) is 0 Å². The molecule has 13 nitrogen and oxygen atoms in total. The first-order valence-corrected chi connectivity index (χ1v) is 12.7. The van der Waals surface area contributed by atoms with Crippen LogP contribution in [0, 0.1) is 13.8 Å². The van der Waals surface area contributed by atoms with Crippen LogP contribution in [0.5, 0.6) is 0 Å². The van der Waals surface area contributed by atoms with Crippen LogP contribution in [0.3, 0.4) is 0 Å². The molecule has 0 atom stereocenters. The van der Waals surface area contributed by atoms with E-state index in [9.17, 15) is 29.7 Å². The number of pyridine rings is 3. The van der Waals surface area contributed by atoms with Gasteiger partial charge in [0.1, 0.15) is 0 Å². The van der Waals surface area contributed by atoms with Crippen LogP contribution in [-0.4, -0.2) is 46.8 Å². The van der Waals surface area contributed by atoms with Crippen molar-refractivity contribution in [2.45, 2.75) is 13.8 Å². The Morgan fingerprint density at radius 2 is 1.52 bits per heavy atom. The van der Waals surface area contributed by atoms with Crippen LogP contribution in [0.15, 0.2) is 41.2 Å². The molecular formula is C29H21N7O6. The highest BCUT2D eigenvalue weighted by Crippen LogP contribution is 2.39. The van der Waals surface area contributed by atoms with E-state index in [1.165, 1.54) is 0 Å². The number of amides is 1. The maximum atomic E-state index is 13.8. The number of nitrogen functional groups attached to an aromatic ring is 2. The largest absolute Gasteiger partial charge is 0.480 e. The molecule has 3 aliphatic rings. The number of aromatic amines is 1. The Morgan fingerprint density at radius 3 is 2.21 bits per heavy atom. The summed E-state index contributed by atoms with van der Waals surface area (Å²) in [5.74, 6) is -3.71. The number of rotatable bonds is 1. The van der Waals surface area contributed by atoms with Gasteiger partial charge in [-0.15, -0.1) is 0 Å². The minimum atomic E-state index is -1.55. The number of nitrogens with zero attached hydrogens (tertiary/aromatic N) is 3. The van der Waals surface area contributed by atoms with E-state index in [0.29, 0.717) is 38.4 Å². The summed E-state index contributed by atoms with van der Waals surface area (Å²) in [6, 6.07) is 9.70. The Bertz CT molecular complexity index is 2370. The second-order valence-corrected chi connectivity index (χ2v) is 10.1. The summed E-state index contributed by atoms with van der Waals surface area (Å²) < 4.78 is 0.770. The third-order valence-electron chi connectivity index (χ3n) is 7.73. The second kappa shape index (κ2) is 8.20. The summed E-state index contributed by atoms with van der Waals surface area (Å²) in [7, 11) is 0. The number of fused-ring (bicyclic) bond motifs is 10. The lowest BCUT2D eigenvalue weighted by Crippen LogP contribution is -2.41. The Hall–Kier alpha value is -6.11. The molecule has 1 amide bonds. The molecule has 0 unspecified atom stereocenters. The lowest BCUT2D eigenvalue weighted by molar-refractivity contribution is 0.0686. The molecule has 0 saturated carbocycles. The number of carboxylic acid groups (broad SMARTS) is 1. The molecule has 0 aliphatic carbocycles. The van der Waals surface area contributed by atoms with E-state index in [4.69, 9.17) is 11.5 Å². The van der Waals surface area contributed by atoms with E-state index in [1.807, 2.05) is 0 Å². The second-order valence-electron chi connectivity index (χ2n) is 10.1. The van der Waals surface area contributed by atoms with Crippen molar-refractivity contribution in [1.29, 1.82) is 0 Å². The van der Waals surface area contributed by atoms with E-state index in [2.05, 4.69) is 20.4 Å². The van der Waals surface area contributed by atoms with Crippen LogP contribution < -0.4 is 27.8 Å². The van der Waals surface area contributed by atoms with Crippen LogP contribution in [0.25, 0.3) is 60.9 Å². The summed E-state index contributed by atoms with van der Waals surface area (Å²) in [5, 5.41) is 32.6. The molecule has 0 radical (unpaired) electrons. The van der Waals surface area contributed by atoms with Gasteiger partial charge in [0, 0.05) is 21.9 Å². The molecule has 4 aromatic rings. The lowest BCUT2D eigenvalue weighted by Gasteiger charge is -2.24. The van der Waals surface area contributed by atoms with Crippen molar-refractivity contribution in [2.75, 3.05) is 16.9 Å². The first-order chi connectivity index (χ1) is 20.0. The number of aliphatic hydroxyl groups is 2. The predicted molar refractivity (Wildman–Crippen MR) is 157 cm³/mol. The standard InChI is InChI=1S/C29H21N7O6/c1-9-17-21(30)13-7-11(3-5-15(13)32-9)19-23(34-26(17)37)20-12-4-6-16-14(8-12)22(31)18(10(2)33-16)27(38)35-36(24(19)28(39)40)25(20)29(41)42/h3-8,41-42H,1-2H3,(H2,30,32)(H2,31,33)(H,34,37)(H,35,38)(H,39,40). The number of hydrogen-bond acceptors (Lipinski definition) is 9. The van der Waals surface area contributed by atoms with Crippen LogP contribution >= 0.6 is 0 Å². The van der Waals surface area contributed by atoms with E-state index < -0.39 is 34.4 Å². The number of anilines is 2. The first kappa shape index (κ1) is 24.9. The zero-order valence-corrected chi connectivity index (χ0v) is 22.0. The SMILES string of the molecule is Cc1nc2ccc3cc2c(N)c1C(=O)Nn1c(C(=O)O)c2c4ccc5nc(C)c(c(N)c5c4)c(=O)[nH]c-2c-3c1=C(O)O. The number of hydrogen-bond donors (Lipinski definition) is 7. The quantitative estimate of drug-likeness (QED) is 0.155. The van der Waals surface area contributed by atoms with E-state index in [-0.39, 0.29) is 44.8 Å². The summed E-state index contributed by atoms with van der Waals surface area (Å²) in [5.41, 5.74) is 16.1. The van der Waals surface area contributed by atoms with Gasteiger partial charge in [-0.1, -0.05) is 12.1 Å². The highest BCUT2D eigenvalue weighted by Gasteiger charge is 2.31. The molecule has 9 N–H and O–H groups in total. The summed E-state index contributed by atoms with van der Waals surface area (Å²) in [6.07, 6.45) is 0. The van der Waals surface area contributed by atoms with Crippen LogP contribution in [-0.2, 0) is 0 Å². The summed E-state index contributed by atoms with van der Waals surface area (Å²) >= 11 is 0. The average Bonchev–Trinajstić information content (AvgIpc) is 2.92. The molecule has 13 heteroatoms. The summed E-state index contributed by atoms with van der Waals surface area (Å²) in [4.78, 5) is 52.3. The number of aliphatic hydroxyl groups excluding tert-OH is 1. The predicted octanol–water partition coefficient (Wildman–Crippen LogP) is 2.84. The van der Waals surface area contributed by atoms with Gasteiger partial charge in [0.15, 0.2) is 11.0 Å². The highest BCUT2D eigenvalue weighted by molar-refractivity contribution is 6.14. The number of aromatic nitrogens is 4. The number of aryl methyl sites for hydroxylation is 2. The number of nitrogens with two attached hydrogens (primary N) is 2. The van der Waals surface area contributed by atoms with Gasteiger partial charge in [0.05, 0.1) is 50.4 Å². The Labute approximate surface area is 234 Å². The smallest absolute Gasteiger partial charge is 0.355 e.